The molecule has 2 aromatic rings. The molecule has 0 spiro atoms. The van der Waals surface area contributed by atoms with Crippen molar-refractivity contribution in [2.24, 2.45) is 5.41 Å². The highest BCUT2D eigenvalue weighted by molar-refractivity contribution is 7.07. The van der Waals surface area contributed by atoms with Crippen LogP contribution in [-0.4, -0.2) is 31.3 Å². The fraction of sp³-hybridized carbons (Fsp3) is 0.455. The first-order chi connectivity index (χ1) is 8.70. The molecular formula is C11H12N4O2S. The number of carboxylic acids is 1. The van der Waals surface area contributed by atoms with E-state index in [2.05, 4.69) is 15.5 Å². The van der Waals surface area contributed by atoms with Gasteiger partial charge >= 0.3 is 5.97 Å². The molecule has 0 radical (unpaired) electrons. The molecule has 2 aromatic heterocycles. The Hall–Kier alpha value is -1.76. The van der Waals surface area contributed by atoms with Gasteiger partial charge in [0.05, 0.1) is 12.0 Å². The van der Waals surface area contributed by atoms with Gasteiger partial charge in [-0.25, -0.2) is 4.68 Å². The van der Waals surface area contributed by atoms with Gasteiger partial charge in [0.1, 0.15) is 0 Å². The molecule has 0 saturated heterocycles. The van der Waals surface area contributed by atoms with Gasteiger partial charge in [-0.15, -0.1) is 5.10 Å². The summed E-state index contributed by atoms with van der Waals surface area (Å²) >= 11 is 1.63. The molecule has 1 N–H and O–H groups in total. The number of carbonyl (C=O) groups is 1. The van der Waals surface area contributed by atoms with E-state index in [0.717, 1.165) is 11.4 Å². The zero-order valence-corrected chi connectivity index (χ0v) is 10.4. The molecule has 3 rings (SSSR count). The molecule has 0 unspecified atom stereocenters. The Morgan fingerprint density at radius 3 is 3.00 bits per heavy atom. The van der Waals surface area contributed by atoms with E-state index in [9.17, 15) is 4.79 Å². The lowest BCUT2D eigenvalue weighted by Crippen LogP contribution is -2.23. The summed E-state index contributed by atoms with van der Waals surface area (Å²) in [6.07, 6.45) is 2.06. The highest BCUT2D eigenvalue weighted by Gasteiger charge is 2.51. The maximum atomic E-state index is 11.2. The van der Waals surface area contributed by atoms with Crippen molar-refractivity contribution in [1.29, 1.82) is 0 Å². The Morgan fingerprint density at radius 2 is 2.39 bits per heavy atom. The fourth-order valence-corrected chi connectivity index (χ4v) is 2.59. The van der Waals surface area contributed by atoms with Crippen molar-refractivity contribution in [1.82, 2.24) is 20.2 Å². The first kappa shape index (κ1) is 11.3. The standard InChI is InChI=1S/C11H12N4O2S/c16-10(17)11(2-3-11)7-15-9(12-13-14-15)5-8-1-4-18-6-8/h1,4,6H,2-3,5,7H2,(H,16,17). The van der Waals surface area contributed by atoms with Crippen molar-refractivity contribution in [3.8, 4) is 0 Å². The lowest BCUT2D eigenvalue weighted by atomic mass is 10.1. The van der Waals surface area contributed by atoms with E-state index in [1.54, 1.807) is 16.0 Å². The van der Waals surface area contributed by atoms with Crippen molar-refractivity contribution in [3.05, 3.63) is 28.2 Å². The van der Waals surface area contributed by atoms with E-state index in [0.29, 0.717) is 25.8 Å². The molecule has 0 atom stereocenters. The third kappa shape index (κ3) is 2.01. The summed E-state index contributed by atoms with van der Waals surface area (Å²) in [5.74, 6) is -0.0274. The molecule has 1 aliphatic carbocycles. The van der Waals surface area contributed by atoms with Crippen LogP contribution in [0.1, 0.15) is 24.2 Å². The molecule has 6 nitrogen and oxygen atoms in total. The lowest BCUT2D eigenvalue weighted by molar-refractivity contribution is -0.144. The average Bonchev–Trinajstić information content (AvgIpc) is 2.75. The third-order valence-corrected chi connectivity index (χ3v) is 4.04. The average molecular weight is 264 g/mol. The molecule has 94 valence electrons. The van der Waals surface area contributed by atoms with E-state index < -0.39 is 11.4 Å². The number of tetrazole rings is 1. The summed E-state index contributed by atoms with van der Waals surface area (Å²) < 4.78 is 1.62. The Labute approximate surface area is 107 Å². The molecule has 0 amide bonds. The topological polar surface area (TPSA) is 80.9 Å². The molecule has 7 heteroatoms. The molecule has 0 bridgehead atoms. The van der Waals surface area contributed by atoms with Crippen LogP contribution in [-0.2, 0) is 17.8 Å². The van der Waals surface area contributed by atoms with Crippen LogP contribution in [0.25, 0.3) is 0 Å². The summed E-state index contributed by atoms with van der Waals surface area (Å²) in [6, 6.07) is 2.02. The van der Waals surface area contributed by atoms with Crippen LogP contribution in [0.3, 0.4) is 0 Å². The second-order valence-electron chi connectivity index (χ2n) is 4.65. The summed E-state index contributed by atoms with van der Waals surface area (Å²) in [6.45, 7) is 0.370. The molecule has 0 aromatic carbocycles. The normalized spacial score (nSPS) is 16.7. The number of nitrogens with zero attached hydrogens (tertiary/aromatic N) is 4. The predicted molar refractivity (Wildman–Crippen MR) is 64.2 cm³/mol. The summed E-state index contributed by atoms with van der Waals surface area (Å²) in [5.41, 5.74) is 0.509. The Balaban J connectivity index is 1.78. The summed E-state index contributed by atoms with van der Waals surface area (Å²) in [5, 5.41) is 24.7. The minimum absolute atomic E-state index is 0.370. The summed E-state index contributed by atoms with van der Waals surface area (Å²) in [4.78, 5) is 11.2. The van der Waals surface area contributed by atoms with Crippen molar-refractivity contribution in [2.75, 3.05) is 0 Å². The van der Waals surface area contributed by atoms with Crippen LogP contribution in [0.5, 0.6) is 0 Å². The molecule has 18 heavy (non-hydrogen) atoms. The van der Waals surface area contributed by atoms with Crippen LogP contribution in [0.4, 0.5) is 0 Å². The van der Waals surface area contributed by atoms with Crippen LogP contribution >= 0.6 is 11.3 Å². The Kier molecular flexibility index (Phi) is 2.62. The number of rotatable bonds is 5. The third-order valence-electron chi connectivity index (χ3n) is 3.31. The molecule has 0 aliphatic heterocycles. The van der Waals surface area contributed by atoms with E-state index in [1.165, 1.54) is 0 Å². The maximum absolute atomic E-state index is 11.2. The number of aliphatic carboxylic acids is 1. The molecule has 1 aliphatic rings. The van der Waals surface area contributed by atoms with Gasteiger partial charge in [0.15, 0.2) is 5.82 Å². The Bertz CT molecular complexity index is 559. The van der Waals surface area contributed by atoms with Gasteiger partial charge in [-0.3, -0.25) is 4.79 Å². The largest absolute Gasteiger partial charge is 0.481 e. The van der Waals surface area contributed by atoms with Gasteiger partial charge < -0.3 is 5.11 Å². The Morgan fingerprint density at radius 1 is 1.56 bits per heavy atom. The van der Waals surface area contributed by atoms with Crippen molar-refractivity contribution < 1.29 is 9.90 Å². The van der Waals surface area contributed by atoms with E-state index in [-0.39, 0.29) is 0 Å². The minimum Gasteiger partial charge on any atom is -0.481 e. The van der Waals surface area contributed by atoms with Crippen LogP contribution in [0, 0.1) is 5.41 Å². The quantitative estimate of drug-likeness (QED) is 0.877. The number of hydrogen-bond acceptors (Lipinski definition) is 5. The SMILES string of the molecule is O=C(O)C1(Cn2nnnc2Cc2ccsc2)CC1. The van der Waals surface area contributed by atoms with Crippen molar-refractivity contribution in [3.63, 3.8) is 0 Å². The second kappa shape index (κ2) is 4.16. The smallest absolute Gasteiger partial charge is 0.311 e. The van der Waals surface area contributed by atoms with E-state index >= 15 is 0 Å². The molecular weight excluding hydrogens is 252 g/mol. The molecule has 1 fully saturated rings. The number of carboxylic acid groups (broad SMARTS) is 1. The minimum atomic E-state index is -0.750. The first-order valence-corrected chi connectivity index (χ1v) is 6.63. The monoisotopic (exact) mass is 264 g/mol. The van der Waals surface area contributed by atoms with Crippen LogP contribution in [0.15, 0.2) is 16.8 Å². The van der Waals surface area contributed by atoms with E-state index in [4.69, 9.17) is 5.11 Å². The number of aromatic nitrogens is 4. The zero-order valence-electron chi connectivity index (χ0n) is 9.61. The van der Waals surface area contributed by atoms with Gasteiger partial charge in [0.2, 0.25) is 0 Å². The molecule has 1 saturated carbocycles. The number of thiophene rings is 1. The highest BCUT2D eigenvalue weighted by atomic mass is 32.1. The maximum Gasteiger partial charge on any atom is 0.311 e. The van der Waals surface area contributed by atoms with Gasteiger partial charge in [-0.2, -0.15) is 11.3 Å². The van der Waals surface area contributed by atoms with Crippen LogP contribution in [0.2, 0.25) is 0 Å². The van der Waals surface area contributed by atoms with Crippen molar-refractivity contribution in [2.45, 2.75) is 25.8 Å². The van der Waals surface area contributed by atoms with Gasteiger partial charge in [-0.1, -0.05) is 0 Å². The number of hydrogen-bond donors (Lipinski definition) is 1. The van der Waals surface area contributed by atoms with Gasteiger partial charge in [-0.05, 0) is 45.7 Å². The predicted octanol–water partition coefficient (Wildman–Crippen LogP) is 1.19. The van der Waals surface area contributed by atoms with Gasteiger partial charge in [0, 0.05) is 6.42 Å². The zero-order chi connectivity index (χ0) is 12.6. The highest BCUT2D eigenvalue weighted by Crippen LogP contribution is 2.47. The summed E-state index contributed by atoms with van der Waals surface area (Å²) in [7, 11) is 0. The van der Waals surface area contributed by atoms with E-state index in [1.807, 2.05) is 16.8 Å². The second-order valence-corrected chi connectivity index (χ2v) is 5.43. The first-order valence-electron chi connectivity index (χ1n) is 5.69. The van der Waals surface area contributed by atoms with Crippen LogP contribution < -0.4 is 0 Å². The fourth-order valence-electron chi connectivity index (χ4n) is 1.93. The van der Waals surface area contributed by atoms with Gasteiger partial charge in [0.25, 0.3) is 0 Å². The lowest BCUT2D eigenvalue weighted by Gasteiger charge is -2.10. The van der Waals surface area contributed by atoms with Crippen molar-refractivity contribution >= 4 is 17.3 Å². The molecule has 2 heterocycles.